The normalized spacial score (nSPS) is 10.6. The largest absolute Gasteiger partial charge is 0.370 e. The second-order valence-corrected chi connectivity index (χ2v) is 5.20. The molecule has 0 atom stereocenters. The molecule has 0 bridgehead atoms. The number of nitrogens with zero attached hydrogens (tertiary/aromatic N) is 2. The van der Waals surface area contributed by atoms with E-state index in [-0.39, 0.29) is 0 Å². The Bertz CT molecular complexity index is 540. The predicted molar refractivity (Wildman–Crippen MR) is 85.2 cm³/mol. The number of pyridine rings is 1. The zero-order chi connectivity index (χ0) is 14.4. The van der Waals surface area contributed by atoms with Crippen LogP contribution in [0.25, 0.3) is 0 Å². The van der Waals surface area contributed by atoms with E-state index in [9.17, 15) is 0 Å². The molecule has 0 aliphatic carbocycles. The molecule has 0 amide bonds. The minimum atomic E-state index is 0.772. The van der Waals surface area contributed by atoms with E-state index < -0.39 is 0 Å². The van der Waals surface area contributed by atoms with Crippen molar-refractivity contribution in [1.82, 2.24) is 10.3 Å². The second-order valence-electron chi connectivity index (χ2n) is 4.77. The van der Waals surface area contributed by atoms with E-state index in [1.165, 1.54) is 11.3 Å². The van der Waals surface area contributed by atoms with Crippen LogP contribution < -0.4 is 10.2 Å². The average molecular weight is 290 g/mol. The van der Waals surface area contributed by atoms with E-state index in [0.717, 1.165) is 30.4 Å². The number of anilines is 1. The maximum Gasteiger partial charge on any atom is 0.0562 e. The standard InChI is InChI=1S/C16H20ClN3/c1-3-18-11-15-10-16(8-9-19-15)20(2)12-13-4-6-14(17)7-5-13/h4-10,18H,3,11-12H2,1-2H3. The fraction of sp³-hybridized carbons (Fsp3) is 0.312. The van der Waals surface area contributed by atoms with Gasteiger partial charge in [-0.25, -0.2) is 0 Å². The van der Waals surface area contributed by atoms with E-state index in [1.807, 2.05) is 24.4 Å². The Labute approximate surface area is 125 Å². The van der Waals surface area contributed by atoms with Gasteiger partial charge in [0.25, 0.3) is 0 Å². The molecule has 0 unspecified atom stereocenters. The lowest BCUT2D eigenvalue weighted by Crippen LogP contribution is -2.18. The van der Waals surface area contributed by atoms with E-state index in [0.29, 0.717) is 0 Å². The number of rotatable bonds is 6. The van der Waals surface area contributed by atoms with Gasteiger partial charge in [0.2, 0.25) is 0 Å². The van der Waals surface area contributed by atoms with Gasteiger partial charge < -0.3 is 10.2 Å². The zero-order valence-electron chi connectivity index (χ0n) is 11.9. The van der Waals surface area contributed by atoms with E-state index in [2.05, 4.69) is 47.4 Å². The summed E-state index contributed by atoms with van der Waals surface area (Å²) in [6, 6.07) is 12.1. The summed E-state index contributed by atoms with van der Waals surface area (Å²) in [5, 5.41) is 4.06. The van der Waals surface area contributed by atoms with Crippen molar-refractivity contribution in [3.05, 3.63) is 58.9 Å². The van der Waals surface area contributed by atoms with Crippen molar-refractivity contribution in [2.45, 2.75) is 20.0 Å². The molecule has 4 heteroatoms. The van der Waals surface area contributed by atoms with Gasteiger partial charge in [-0.1, -0.05) is 30.7 Å². The summed E-state index contributed by atoms with van der Waals surface area (Å²) in [5.41, 5.74) is 3.47. The molecule has 0 aliphatic rings. The number of aromatic nitrogens is 1. The second kappa shape index (κ2) is 7.27. The predicted octanol–water partition coefficient (Wildman–Crippen LogP) is 3.48. The maximum absolute atomic E-state index is 5.91. The van der Waals surface area contributed by atoms with Crippen LogP contribution in [0.4, 0.5) is 5.69 Å². The Hall–Kier alpha value is -1.58. The first-order valence-corrected chi connectivity index (χ1v) is 7.18. The topological polar surface area (TPSA) is 28.2 Å². The van der Waals surface area contributed by atoms with E-state index >= 15 is 0 Å². The van der Waals surface area contributed by atoms with Crippen LogP contribution in [-0.4, -0.2) is 18.6 Å². The van der Waals surface area contributed by atoms with Crippen molar-refractivity contribution in [3.8, 4) is 0 Å². The molecular formula is C16H20ClN3. The van der Waals surface area contributed by atoms with Gasteiger partial charge in [0, 0.05) is 37.0 Å². The lowest BCUT2D eigenvalue weighted by atomic mass is 10.2. The molecule has 3 nitrogen and oxygen atoms in total. The third-order valence-electron chi connectivity index (χ3n) is 3.13. The Balaban J connectivity index is 2.04. The number of hydrogen-bond donors (Lipinski definition) is 1. The van der Waals surface area contributed by atoms with Crippen molar-refractivity contribution in [2.24, 2.45) is 0 Å². The summed E-state index contributed by atoms with van der Waals surface area (Å²) in [4.78, 5) is 6.58. The summed E-state index contributed by atoms with van der Waals surface area (Å²) in [6.07, 6.45) is 1.86. The van der Waals surface area contributed by atoms with Crippen LogP contribution in [0.2, 0.25) is 5.02 Å². The third-order valence-corrected chi connectivity index (χ3v) is 3.38. The van der Waals surface area contributed by atoms with E-state index in [1.54, 1.807) is 0 Å². The van der Waals surface area contributed by atoms with Crippen molar-refractivity contribution in [2.75, 3.05) is 18.5 Å². The van der Waals surface area contributed by atoms with Crippen molar-refractivity contribution >= 4 is 17.3 Å². The third kappa shape index (κ3) is 4.22. The first kappa shape index (κ1) is 14.8. The fourth-order valence-electron chi connectivity index (χ4n) is 2.01. The zero-order valence-corrected chi connectivity index (χ0v) is 12.7. The lowest BCUT2D eigenvalue weighted by Gasteiger charge is -2.20. The van der Waals surface area contributed by atoms with Crippen LogP contribution in [0.1, 0.15) is 18.2 Å². The molecule has 1 aromatic carbocycles. The average Bonchev–Trinajstić information content (AvgIpc) is 2.48. The monoisotopic (exact) mass is 289 g/mol. The Morgan fingerprint density at radius 2 is 1.95 bits per heavy atom. The molecule has 1 heterocycles. The number of benzene rings is 1. The van der Waals surface area contributed by atoms with Crippen LogP contribution in [-0.2, 0) is 13.1 Å². The minimum absolute atomic E-state index is 0.772. The minimum Gasteiger partial charge on any atom is -0.370 e. The molecule has 1 aromatic heterocycles. The van der Waals surface area contributed by atoms with Gasteiger partial charge in [-0.15, -0.1) is 0 Å². The van der Waals surface area contributed by atoms with Gasteiger partial charge in [0.05, 0.1) is 5.69 Å². The van der Waals surface area contributed by atoms with Crippen LogP contribution in [0.3, 0.4) is 0 Å². The molecule has 0 spiro atoms. The maximum atomic E-state index is 5.91. The Kier molecular flexibility index (Phi) is 5.39. The SMILES string of the molecule is CCNCc1cc(N(C)Cc2ccc(Cl)cc2)ccn1. The fourth-order valence-corrected chi connectivity index (χ4v) is 2.13. The molecule has 0 aliphatic heterocycles. The van der Waals surface area contributed by atoms with Gasteiger partial charge in [-0.2, -0.15) is 0 Å². The highest BCUT2D eigenvalue weighted by Gasteiger charge is 2.04. The van der Waals surface area contributed by atoms with Gasteiger partial charge in [0.15, 0.2) is 0 Å². The summed E-state index contributed by atoms with van der Waals surface area (Å²) in [5.74, 6) is 0. The van der Waals surface area contributed by atoms with Crippen LogP contribution in [0, 0.1) is 0 Å². The molecule has 0 saturated carbocycles. The molecule has 106 valence electrons. The number of hydrogen-bond acceptors (Lipinski definition) is 3. The summed E-state index contributed by atoms with van der Waals surface area (Å²) < 4.78 is 0. The Morgan fingerprint density at radius 3 is 2.65 bits per heavy atom. The van der Waals surface area contributed by atoms with Gasteiger partial charge in [0.1, 0.15) is 0 Å². The summed E-state index contributed by atoms with van der Waals surface area (Å²) in [6.45, 7) is 4.70. The van der Waals surface area contributed by atoms with Crippen molar-refractivity contribution < 1.29 is 0 Å². The number of halogens is 1. The van der Waals surface area contributed by atoms with Crippen molar-refractivity contribution in [3.63, 3.8) is 0 Å². The molecule has 0 radical (unpaired) electrons. The highest BCUT2D eigenvalue weighted by molar-refractivity contribution is 6.30. The summed E-state index contributed by atoms with van der Waals surface area (Å²) >= 11 is 5.91. The Morgan fingerprint density at radius 1 is 1.20 bits per heavy atom. The van der Waals surface area contributed by atoms with E-state index in [4.69, 9.17) is 11.6 Å². The molecule has 0 fully saturated rings. The van der Waals surface area contributed by atoms with Gasteiger partial charge in [-0.3, -0.25) is 4.98 Å². The number of nitrogens with one attached hydrogen (secondary N) is 1. The first-order valence-electron chi connectivity index (χ1n) is 6.80. The molecule has 2 aromatic rings. The van der Waals surface area contributed by atoms with Crippen LogP contribution in [0.15, 0.2) is 42.6 Å². The smallest absolute Gasteiger partial charge is 0.0562 e. The van der Waals surface area contributed by atoms with Crippen molar-refractivity contribution in [1.29, 1.82) is 0 Å². The van der Waals surface area contributed by atoms with Crippen LogP contribution >= 0.6 is 11.6 Å². The molecule has 20 heavy (non-hydrogen) atoms. The van der Waals surface area contributed by atoms with Crippen LogP contribution in [0.5, 0.6) is 0 Å². The first-order chi connectivity index (χ1) is 9.69. The van der Waals surface area contributed by atoms with Gasteiger partial charge >= 0.3 is 0 Å². The molecule has 2 rings (SSSR count). The summed E-state index contributed by atoms with van der Waals surface area (Å²) in [7, 11) is 2.08. The highest BCUT2D eigenvalue weighted by Crippen LogP contribution is 2.17. The molecular weight excluding hydrogens is 270 g/mol. The molecule has 0 saturated heterocycles. The molecule has 1 N–H and O–H groups in total. The highest BCUT2D eigenvalue weighted by atomic mass is 35.5. The quantitative estimate of drug-likeness (QED) is 0.882. The van der Waals surface area contributed by atoms with Gasteiger partial charge in [-0.05, 0) is 36.4 Å². The lowest BCUT2D eigenvalue weighted by molar-refractivity contribution is 0.710.